The fourth-order valence-corrected chi connectivity index (χ4v) is 4.17. The molecule has 2 rings (SSSR count). The number of sulfonamides is 1. The Morgan fingerprint density at radius 2 is 1.84 bits per heavy atom. The summed E-state index contributed by atoms with van der Waals surface area (Å²) < 4.78 is 27.6. The molecule has 5 heteroatoms. The van der Waals surface area contributed by atoms with Gasteiger partial charge in [0.2, 0.25) is 10.0 Å². The van der Waals surface area contributed by atoms with Gasteiger partial charge in [-0.1, -0.05) is 37.5 Å². The summed E-state index contributed by atoms with van der Waals surface area (Å²) in [4.78, 5) is 0.353. The van der Waals surface area contributed by atoms with Crippen molar-refractivity contribution in [2.75, 3.05) is 0 Å². The summed E-state index contributed by atoms with van der Waals surface area (Å²) in [5.74, 6) is 0. The van der Waals surface area contributed by atoms with Crippen molar-refractivity contribution in [1.29, 1.82) is 0 Å². The third-order valence-corrected chi connectivity index (χ3v) is 5.41. The van der Waals surface area contributed by atoms with Crippen LogP contribution in [0.5, 0.6) is 0 Å². The molecule has 2 unspecified atom stereocenters. The molecule has 19 heavy (non-hydrogen) atoms. The number of hydrogen-bond acceptors (Lipinski definition) is 3. The van der Waals surface area contributed by atoms with E-state index < -0.39 is 10.0 Å². The van der Waals surface area contributed by atoms with E-state index in [1.165, 1.54) is 0 Å². The summed E-state index contributed by atoms with van der Waals surface area (Å²) in [6.45, 7) is 1.81. The van der Waals surface area contributed by atoms with Crippen LogP contribution in [-0.4, -0.2) is 20.5 Å². The van der Waals surface area contributed by atoms with Gasteiger partial charge < -0.3 is 5.73 Å². The molecule has 1 aromatic rings. The number of aryl methyl sites for hydroxylation is 1. The first-order chi connectivity index (χ1) is 9.00. The van der Waals surface area contributed by atoms with Gasteiger partial charge in [0.15, 0.2) is 0 Å². The summed E-state index contributed by atoms with van der Waals surface area (Å²) in [6, 6.07) is 6.80. The highest BCUT2D eigenvalue weighted by Gasteiger charge is 2.26. The lowest BCUT2D eigenvalue weighted by atomic mass is 10.1. The van der Waals surface area contributed by atoms with Gasteiger partial charge in [0.05, 0.1) is 4.90 Å². The minimum Gasteiger partial charge on any atom is -0.326 e. The van der Waals surface area contributed by atoms with Crippen LogP contribution in [0.2, 0.25) is 0 Å². The molecule has 0 amide bonds. The molecule has 0 aliphatic heterocycles. The second-order valence-electron chi connectivity index (χ2n) is 5.30. The van der Waals surface area contributed by atoms with Gasteiger partial charge in [-0.3, -0.25) is 0 Å². The molecule has 0 radical (unpaired) electrons. The Balaban J connectivity index is 2.19. The van der Waals surface area contributed by atoms with Crippen LogP contribution in [0, 0.1) is 6.92 Å². The van der Waals surface area contributed by atoms with E-state index in [4.69, 9.17) is 5.73 Å². The monoisotopic (exact) mass is 282 g/mol. The lowest BCUT2D eigenvalue weighted by Gasteiger charge is -2.23. The maximum absolute atomic E-state index is 12.4. The zero-order chi connectivity index (χ0) is 13.9. The predicted octanol–water partition coefficient (Wildman–Crippen LogP) is 1.93. The van der Waals surface area contributed by atoms with E-state index in [1.54, 1.807) is 12.1 Å². The van der Waals surface area contributed by atoms with Crippen LogP contribution in [0.15, 0.2) is 29.2 Å². The van der Waals surface area contributed by atoms with E-state index in [0.29, 0.717) is 4.90 Å². The molecule has 2 atom stereocenters. The van der Waals surface area contributed by atoms with Gasteiger partial charge in [0.1, 0.15) is 0 Å². The number of rotatable bonds is 3. The third-order valence-electron chi connectivity index (χ3n) is 3.76. The molecular formula is C14H22N2O2S. The zero-order valence-electron chi connectivity index (χ0n) is 11.3. The van der Waals surface area contributed by atoms with Crippen molar-refractivity contribution in [3.63, 3.8) is 0 Å². The molecule has 0 spiro atoms. The minimum absolute atomic E-state index is 0.0821. The summed E-state index contributed by atoms with van der Waals surface area (Å²) in [5.41, 5.74) is 6.84. The predicted molar refractivity (Wildman–Crippen MR) is 76.3 cm³/mol. The van der Waals surface area contributed by atoms with E-state index in [0.717, 1.165) is 37.7 Å². The quantitative estimate of drug-likeness (QED) is 0.832. The van der Waals surface area contributed by atoms with Crippen molar-refractivity contribution in [2.45, 2.75) is 56.0 Å². The Labute approximate surface area is 115 Å². The highest BCUT2D eigenvalue weighted by Crippen LogP contribution is 2.20. The molecule has 0 saturated heterocycles. The number of hydrogen-bond donors (Lipinski definition) is 2. The Kier molecular flexibility index (Phi) is 4.60. The average molecular weight is 282 g/mol. The van der Waals surface area contributed by atoms with Gasteiger partial charge in [0, 0.05) is 12.1 Å². The number of nitrogens with two attached hydrogens (primary N) is 1. The van der Waals surface area contributed by atoms with Crippen molar-refractivity contribution >= 4 is 10.0 Å². The molecule has 0 aromatic heterocycles. The second kappa shape index (κ2) is 6.03. The van der Waals surface area contributed by atoms with E-state index in [1.807, 2.05) is 19.1 Å². The summed E-state index contributed by atoms with van der Waals surface area (Å²) >= 11 is 0. The minimum atomic E-state index is -3.47. The Bertz CT molecular complexity index is 528. The van der Waals surface area contributed by atoms with Crippen LogP contribution in [0.3, 0.4) is 0 Å². The average Bonchev–Trinajstić information content (AvgIpc) is 2.55. The van der Waals surface area contributed by atoms with Crippen LogP contribution >= 0.6 is 0 Å². The van der Waals surface area contributed by atoms with Crippen LogP contribution < -0.4 is 10.5 Å². The molecule has 3 N–H and O–H groups in total. The summed E-state index contributed by atoms with van der Waals surface area (Å²) in [5, 5.41) is 0. The lowest BCUT2D eigenvalue weighted by Crippen LogP contribution is -2.46. The first-order valence-corrected chi connectivity index (χ1v) is 8.32. The molecule has 4 nitrogen and oxygen atoms in total. The molecule has 1 aromatic carbocycles. The van der Waals surface area contributed by atoms with E-state index >= 15 is 0 Å². The largest absolute Gasteiger partial charge is 0.326 e. The first-order valence-electron chi connectivity index (χ1n) is 6.84. The molecular weight excluding hydrogens is 260 g/mol. The van der Waals surface area contributed by atoms with Gasteiger partial charge in [-0.25, -0.2) is 13.1 Å². The maximum Gasteiger partial charge on any atom is 0.241 e. The summed E-state index contributed by atoms with van der Waals surface area (Å²) in [6.07, 6.45) is 4.97. The van der Waals surface area contributed by atoms with Crippen LogP contribution in [0.1, 0.15) is 37.7 Å². The standard InChI is InChI=1S/C14H22N2O2S/c1-11-7-5-6-10-14(11)19(17,18)16-13-9-4-2-3-8-12(13)15/h5-7,10,12-13,16H,2-4,8-9,15H2,1H3. The fraction of sp³-hybridized carbons (Fsp3) is 0.571. The second-order valence-corrected chi connectivity index (χ2v) is 6.98. The highest BCUT2D eigenvalue weighted by atomic mass is 32.2. The lowest BCUT2D eigenvalue weighted by molar-refractivity contribution is 0.456. The Morgan fingerprint density at radius 3 is 2.58 bits per heavy atom. The van der Waals surface area contributed by atoms with Gasteiger partial charge >= 0.3 is 0 Å². The molecule has 0 heterocycles. The molecule has 1 aliphatic carbocycles. The van der Waals surface area contributed by atoms with E-state index in [2.05, 4.69) is 4.72 Å². The van der Waals surface area contributed by atoms with Crippen molar-refractivity contribution in [3.8, 4) is 0 Å². The van der Waals surface area contributed by atoms with Crippen molar-refractivity contribution in [2.24, 2.45) is 5.73 Å². The molecule has 1 aliphatic rings. The van der Waals surface area contributed by atoms with Crippen LogP contribution in [0.4, 0.5) is 0 Å². The van der Waals surface area contributed by atoms with Crippen molar-refractivity contribution < 1.29 is 8.42 Å². The van der Waals surface area contributed by atoms with Crippen LogP contribution in [-0.2, 0) is 10.0 Å². The molecule has 0 bridgehead atoms. The van der Waals surface area contributed by atoms with Gasteiger partial charge in [-0.2, -0.15) is 0 Å². The molecule has 1 saturated carbocycles. The normalized spacial score (nSPS) is 24.9. The van der Waals surface area contributed by atoms with Gasteiger partial charge in [-0.05, 0) is 31.4 Å². The SMILES string of the molecule is Cc1ccccc1S(=O)(=O)NC1CCCCCC1N. The Hall–Kier alpha value is -0.910. The smallest absolute Gasteiger partial charge is 0.241 e. The Morgan fingerprint density at radius 1 is 1.16 bits per heavy atom. The molecule has 106 valence electrons. The van der Waals surface area contributed by atoms with Gasteiger partial charge in [-0.15, -0.1) is 0 Å². The maximum atomic E-state index is 12.4. The fourth-order valence-electron chi connectivity index (χ4n) is 2.60. The van der Waals surface area contributed by atoms with Gasteiger partial charge in [0.25, 0.3) is 0 Å². The highest BCUT2D eigenvalue weighted by molar-refractivity contribution is 7.89. The van der Waals surface area contributed by atoms with E-state index in [-0.39, 0.29) is 12.1 Å². The van der Waals surface area contributed by atoms with Crippen LogP contribution in [0.25, 0.3) is 0 Å². The third kappa shape index (κ3) is 3.55. The van der Waals surface area contributed by atoms with Crippen molar-refractivity contribution in [1.82, 2.24) is 4.72 Å². The van der Waals surface area contributed by atoms with Crippen molar-refractivity contribution in [3.05, 3.63) is 29.8 Å². The zero-order valence-corrected chi connectivity index (χ0v) is 12.1. The van der Waals surface area contributed by atoms with E-state index in [9.17, 15) is 8.42 Å². The topological polar surface area (TPSA) is 72.2 Å². The number of nitrogens with one attached hydrogen (secondary N) is 1. The first kappa shape index (κ1) is 14.5. The summed E-state index contributed by atoms with van der Waals surface area (Å²) in [7, 11) is -3.47. The molecule has 1 fully saturated rings. The number of benzene rings is 1.